The summed E-state index contributed by atoms with van der Waals surface area (Å²) in [5, 5.41) is 4.31. The fraction of sp³-hybridized carbons (Fsp3) is 0.205. The van der Waals surface area contributed by atoms with Gasteiger partial charge in [-0.2, -0.15) is 0 Å². The van der Waals surface area contributed by atoms with E-state index in [-0.39, 0.29) is 44.3 Å². The fourth-order valence-corrected chi connectivity index (χ4v) is 6.77. The summed E-state index contributed by atoms with van der Waals surface area (Å²) in [6.07, 6.45) is 0.772. The molecule has 13 nitrogen and oxygen atoms in total. The first-order valence-electron chi connectivity index (χ1n) is 17.2. The van der Waals surface area contributed by atoms with Crippen molar-refractivity contribution in [3.8, 4) is 17.1 Å². The molecule has 1 N–H and O–H groups in total. The van der Waals surface area contributed by atoms with Crippen LogP contribution in [0.5, 0.6) is 5.75 Å². The van der Waals surface area contributed by atoms with E-state index in [1.807, 2.05) is 48.5 Å². The van der Waals surface area contributed by atoms with Crippen LogP contribution in [-0.4, -0.2) is 55.1 Å². The molecule has 0 bridgehead atoms. The molecule has 0 aliphatic rings. The highest BCUT2D eigenvalue weighted by atomic mass is 35.5. The lowest BCUT2D eigenvalue weighted by atomic mass is 10.1. The van der Waals surface area contributed by atoms with Crippen LogP contribution >= 0.6 is 19.2 Å². The maximum Gasteiger partial charge on any atom is 0.412 e. The molecule has 0 fully saturated rings. The van der Waals surface area contributed by atoms with Gasteiger partial charge in [0.1, 0.15) is 52.5 Å². The molecule has 2 aromatic heterocycles. The summed E-state index contributed by atoms with van der Waals surface area (Å²) in [5.74, 6) is 1.34. The number of benzene rings is 4. The Bertz CT molecular complexity index is 2410. The number of amides is 1. The number of furan rings is 1. The Morgan fingerprint density at radius 3 is 2.54 bits per heavy atom. The Morgan fingerprint density at radius 1 is 0.929 bits per heavy atom. The average molecular weight is 823 g/mol. The smallest absolute Gasteiger partial charge is 0.412 e. The van der Waals surface area contributed by atoms with Gasteiger partial charge in [-0.15, -0.1) is 0 Å². The highest BCUT2D eigenvalue weighted by molar-refractivity contribution is 7.72. The van der Waals surface area contributed by atoms with Gasteiger partial charge in [0.05, 0.1) is 23.7 Å². The van der Waals surface area contributed by atoms with Crippen LogP contribution < -0.4 is 10.1 Å². The maximum absolute atomic E-state index is 13.6. The maximum atomic E-state index is 13.6. The first-order valence-corrected chi connectivity index (χ1v) is 21.0. The molecule has 6 rings (SSSR count). The van der Waals surface area contributed by atoms with Crippen LogP contribution in [0.3, 0.4) is 0 Å². The molecule has 6 aromatic rings. The highest BCUT2D eigenvalue weighted by Gasteiger charge is 2.22. The molecule has 0 radical (unpaired) electrons. The van der Waals surface area contributed by atoms with Gasteiger partial charge in [0.25, 0.3) is 0 Å². The lowest BCUT2D eigenvalue weighted by Gasteiger charge is -2.21. The molecule has 0 aliphatic carbocycles. The van der Waals surface area contributed by atoms with Crippen molar-refractivity contribution in [3.05, 3.63) is 137 Å². The number of carbonyl (C=O) groups is 1. The number of thiol groups is 1. The number of hydrogen-bond acceptors (Lipinski definition) is 12. The third kappa shape index (κ3) is 11.6. The second-order valence-corrected chi connectivity index (χ2v) is 16.0. The zero-order valence-electron chi connectivity index (χ0n) is 30.0. The van der Waals surface area contributed by atoms with Crippen molar-refractivity contribution in [2.45, 2.75) is 26.2 Å². The Hall–Kier alpha value is -5.31. The summed E-state index contributed by atoms with van der Waals surface area (Å²) >= 11 is 6.52. The molecule has 292 valence electrons. The zero-order chi connectivity index (χ0) is 39.5. The summed E-state index contributed by atoms with van der Waals surface area (Å²) < 4.78 is 76.6. The Labute approximate surface area is 328 Å². The number of anilines is 2. The van der Waals surface area contributed by atoms with E-state index >= 15 is 0 Å². The highest BCUT2D eigenvalue weighted by Crippen LogP contribution is 2.44. The lowest BCUT2D eigenvalue weighted by molar-refractivity contribution is 0.0238. The number of nitrogens with one attached hydrogen (secondary N) is 1. The molecule has 1 unspecified atom stereocenters. The molecule has 0 saturated heterocycles. The topological polar surface area (TPSA) is 159 Å². The summed E-state index contributed by atoms with van der Waals surface area (Å²) in [7, 11) is -6.22. The number of nitrogens with zero attached hydrogens (tertiary/aromatic N) is 3. The third-order valence-electron chi connectivity index (χ3n) is 8.21. The minimum Gasteiger partial charge on any atom is -0.487 e. The quantitative estimate of drug-likeness (QED) is 0.0482. The second-order valence-electron chi connectivity index (χ2n) is 12.4. The van der Waals surface area contributed by atoms with Crippen LogP contribution in [0.1, 0.15) is 23.3 Å². The summed E-state index contributed by atoms with van der Waals surface area (Å²) in [6, 6.07) is 29.4. The molecule has 0 aliphatic heterocycles. The standard InChI is InChI=1S/C39H37ClFN4O9PS/c1-55(47,52-24-27-7-3-2-4-8-27)53-26-51-39(46)45(17-6-18-56(48)49)22-32-13-16-36(54-32)29-11-14-35-33(20-29)38(43-25-42-35)44-31-12-15-37(34(40)21-31)50-23-28-9-5-10-30(41)19-28/h2-5,7-16,19-21,25,56H,6,17-18,22-24,26H2,1H3,(H,42,43,44). The van der Waals surface area contributed by atoms with Gasteiger partial charge in [0.2, 0.25) is 6.79 Å². The van der Waals surface area contributed by atoms with E-state index in [0.29, 0.717) is 55.8 Å². The Morgan fingerprint density at radius 2 is 1.75 bits per heavy atom. The predicted octanol–water partition coefficient (Wildman–Crippen LogP) is 8.96. The van der Waals surface area contributed by atoms with E-state index in [4.69, 9.17) is 34.5 Å². The van der Waals surface area contributed by atoms with Crippen LogP contribution in [0, 0.1) is 5.82 Å². The summed E-state index contributed by atoms with van der Waals surface area (Å²) in [6.45, 7) is 0.816. The van der Waals surface area contributed by atoms with Gasteiger partial charge < -0.3 is 28.6 Å². The Kier molecular flexibility index (Phi) is 13.7. The first kappa shape index (κ1) is 40.4. The third-order valence-corrected chi connectivity index (χ3v) is 10.4. The number of rotatable bonds is 18. The predicted molar refractivity (Wildman–Crippen MR) is 210 cm³/mol. The van der Waals surface area contributed by atoms with Gasteiger partial charge in [0.15, 0.2) is 0 Å². The minimum absolute atomic E-state index is 0.0406. The number of ether oxygens (including phenoxy) is 2. The number of aromatic nitrogens is 2. The van der Waals surface area contributed by atoms with Gasteiger partial charge >= 0.3 is 13.7 Å². The van der Waals surface area contributed by atoms with Crippen molar-refractivity contribution < 1.29 is 45.1 Å². The fourth-order valence-electron chi connectivity index (χ4n) is 5.43. The molecular weight excluding hydrogens is 786 g/mol. The van der Waals surface area contributed by atoms with Crippen molar-refractivity contribution in [1.82, 2.24) is 14.9 Å². The van der Waals surface area contributed by atoms with E-state index in [1.54, 1.807) is 42.5 Å². The molecule has 1 amide bonds. The lowest BCUT2D eigenvalue weighted by Crippen LogP contribution is -2.33. The van der Waals surface area contributed by atoms with E-state index in [1.165, 1.54) is 30.0 Å². The van der Waals surface area contributed by atoms with Crippen LogP contribution in [0.15, 0.2) is 114 Å². The van der Waals surface area contributed by atoms with Crippen LogP contribution in [-0.2, 0) is 48.8 Å². The normalized spacial score (nSPS) is 12.4. The second kappa shape index (κ2) is 19.0. The van der Waals surface area contributed by atoms with E-state index < -0.39 is 31.2 Å². The summed E-state index contributed by atoms with van der Waals surface area (Å²) in [4.78, 5) is 23.2. The van der Waals surface area contributed by atoms with Gasteiger partial charge in [-0.05, 0) is 78.2 Å². The molecule has 17 heteroatoms. The molecule has 0 saturated carbocycles. The number of carbonyl (C=O) groups excluding carboxylic acids is 1. The molecule has 56 heavy (non-hydrogen) atoms. The molecule has 1 atom stereocenters. The van der Waals surface area contributed by atoms with Gasteiger partial charge in [-0.25, -0.2) is 27.6 Å². The van der Waals surface area contributed by atoms with E-state index in [2.05, 4.69) is 15.3 Å². The molecule has 0 spiro atoms. The van der Waals surface area contributed by atoms with Crippen LogP contribution in [0.2, 0.25) is 5.02 Å². The number of fused-ring (bicyclic) bond motifs is 1. The van der Waals surface area contributed by atoms with Crippen molar-refractivity contribution in [1.29, 1.82) is 0 Å². The monoisotopic (exact) mass is 822 g/mol. The average Bonchev–Trinajstić information content (AvgIpc) is 3.65. The number of hydrogen-bond donors (Lipinski definition) is 2. The van der Waals surface area contributed by atoms with Crippen LogP contribution in [0.4, 0.5) is 20.7 Å². The van der Waals surface area contributed by atoms with Crippen molar-refractivity contribution in [2.24, 2.45) is 0 Å². The van der Waals surface area contributed by atoms with Crippen molar-refractivity contribution in [2.75, 3.05) is 31.1 Å². The Balaban J connectivity index is 1.10. The van der Waals surface area contributed by atoms with Crippen LogP contribution in [0.25, 0.3) is 22.2 Å². The molecular formula is C39H37ClFN4O9PS. The number of halogens is 2. The van der Waals surface area contributed by atoms with Crippen molar-refractivity contribution >= 4 is 58.4 Å². The summed E-state index contributed by atoms with van der Waals surface area (Å²) in [5.41, 5.74) is 3.46. The molecule has 4 aromatic carbocycles. The van der Waals surface area contributed by atoms with E-state index in [0.717, 1.165) is 5.56 Å². The van der Waals surface area contributed by atoms with Gasteiger partial charge in [-0.3, -0.25) is 9.09 Å². The molecule has 2 heterocycles. The SMILES string of the molecule is CP(=O)(OCOC(=O)N(CCC[SH](=O)=O)Cc1ccc(-c2ccc3ncnc(Nc4ccc(OCc5cccc(F)c5)c(Cl)c4)c3c2)o1)OCc1ccccc1. The zero-order valence-corrected chi connectivity index (χ0v) is 32.6. The van der Waals surface area contributed by atoms with Crippen molar-refractivity contribution in [3.63, 3.8) is 0 Å². The minimum atomic E-state index is -3.56. The first-order chi connectivity index (χ1) is 27.0. The van der Waals surface area contributed by atoms with E-state index in [9.17, 15) is 22.2 Å². The van der Waals surface area contributed by atoms with Gasteiger partial charge in [-0.1, -0.05) is 54.1 Å². The largest absolute Gasteiger partial charge is 0.487 e. The van der Waals surface area contributed by atoms with Gasteiger partial charge in [0, 0.05) is 35.6 Å².